The molecule has 1 atom stereocenters. The molecule has 7 heteroatoms. The van der Waals surface area contributed by atoms with E-state index in [4.69, 9.17) is 9.47 Å². The van der Waals surface area contributed by atoms with Gasteiger partial charge >= 0.3 is 0 Å². The number of nitrogens with zero attached hydrogens (tertiary/aromatic N) is 2. The number of hydrogen-bond acceptors (Lipinski definition) is 5. The zero-order valence-corrected chi connectivity index (χ0v) is 17.2. The van der Waals surface area contributed by atoms with E-state index in [1.165, 1.54) is 11.8 Å². The van der Waals surface area contributed by atoms with E-state index in [0.717, 1.165) is 40.0 Å². The average Bonchev–Trinajstić information content (AvgIpc) is 3.38. The summed E-state index contributed by atoms with van der Waals surface area (Å²) < 4.78 is 12.8. The van der Waals surface area contributed by atoms with Gasteiger partial charge in [0.2, 0.25) is 12.7 Å². The van der Waals surface area contributed by atoms with Crippen molar-refractivity contribution in [2.45, 2.75) is 37.3 Å². The van der Waals surface area contributed by atoms with Crippen LogP contribution in [0.25, 0.3) is 11.3 Å². The quantitative estimate of drug-likeness (QED) is 0.595. The molecule has 0 saturated heterocycles. The van der Waals surface area contributed by atoms with Crippen LogP contribution in [0.1, 0.15) is 19.4 Å². The van der Waals surface area contributed by atoms with Gasteiger partial charge in [0, 0.05) is 13.1 Å². The highest BCUT2D eigenvalue weighted by atomic mass is 32.2. The van der Waals surface area contributed by atoms with E-state index < -0.39 is 0 Å². The van der Waals surface area contributed by atoms with Crippen LogP contribution < -0.4 is 14.8 Å². The highest BCUT2D eigenvalue weighted by Crippen LogP contribution is 2.32. The third-order valence-corrected chi connectivity index (χ3v) is 5.86. The summed E-state index contributed by atoms with van der Waals surface area (Å²) in [6.07, 6.45) is 1.87. The molecule has 1 unspecified atom stereocenters. The Morgan fingerprint density at radius 1 is 1.21 bits per heavy atom. The third-order valence-electron chi connectivity index (χ3n) is 4.76. The summed E-state index contributed by atoms with van der Waals surface area (Å²) in [6, 6.07) is 15.9. The monoisotopic (exact) mass is 409 g/mol. The van der Waals surface area contributed by atoms with Gasteiger partial charge in [0.1, 0.15) is 0 Å². The van der Waals surface area contributed by atoms with E-state index in [1.54, 1.807) is 0 Å². The van der Waals surface area contributed by atoms with Crippen molar-refractivity contribution in [3.63, 3.8) is 0 Å². The molecule has 3 aromatic rings. The van der Waals surface area contributed by atoms with Crippen molar-refractivity contribution in [2.24, 2.45) is 0 Å². The molecule has 0 aliphatic carbocycles. The van der Waals surface area contributed by atoms with Gasteiger partial charge in [-0.05, 0) is 37.1 Å². The van der Waals surface area contributed by atoms with Gasteiger partial charge in [-0.1, -0.05) is 48.2 Å². The van der Waals surface area contributed by atoms with Crippen LogP contribution in [0.5, 0.6) is 11.5 Å². The van der Waals surface area contributed by atoms with Crippen LogP contribution in [0.15, 0.2) is 59.9 Å². The van der Waals surface area contributed by atoms with Crippen molar-refractivity contribution >= 4 is 17.7 Å². The molecule has 150 valence electrons. The van der Waals surface area contributed by atoms with E-state index in [0.29, 0.717) is 6.54 Å². The van der Waals surface area contributed by atoms with Crippen molar-refractivity contribution in [2.75, 3.05) is 6.79 Å². The smallest absolute Gasteiger partial charge is 0.233 e. The lowest BCUT2D eigenvalue weighted by Gasteiger charge is -2.14. The van der Waals surface area contributed by atoms with E-state index in [2.05, 4.69) is 33.9 Å². The van der Waals surface area contributed by atoms with Crippen LogP contribution >= 0.6 is 11.8 Å². The zero-order chi connectivity index (χ0) is 20.2. The largest absolute Gasteiger partial charge is 0.454 e. The maximum Gasteiger partial charge on any atom is 0.233 e. The second-order valence-corrected chi connectivity index (χ2v) is 8.01. The lowest BCUT2D eigenvalue weighted by molar-refractivity contribution is -0.120. The fourth-order valence-electron chi connectivity index (χ4n) is 3.19. The first-order valence-electron chi connectivity index (χ1n) is 9.59. The molecule has 0 fully saturated rings. The second kappa shape index (κ2) is 8.61. The summed E-state index contributed by atoms with van der Waals surface area (Å²) in [5, 5.41) is 3.57. The maximum absolute atomic E-state index is 12.6. The molecule has 2 aromatic carbocycles. The highest BCUT2D eigenvalue weighted by Gasteiger charge is 2.19. The third kappa shape index (κ3) is 4.24. The van der Waals surface area contributed by atoms with Gasteiger partial charge in [-0.25, -0.2) is 4.98 Å². The second-order valence-electron chi connectivity index (χ2n) is 6.70. The molecule has 1 amide bonds. The van der Waals surface area contributed by atoms with E-state index in [-0.39, 0.29) is 18.0 Å². The summed E-state index contributed by atoms with van der Waals surface area (Å²) in [6.45, 7) is 5.46. The number of rotatable bonds is 7. The number of nitrogens with one attached hydrogen (secondary N) is 1. The number of carbonyl (C=O) groups excluding carboxylic acids is 1. The Hall–Kier alpha value is -2.93. The number of benzene rings is 2. The van der Waals surface area contributed by atoms with E-state index >= 15 is 0 Å². The summed E-state index contributed by atoms with van der Waals surface area (Å²) in [7, 11) is 0. The van der Waals surface area contributed by atoms with Gasteiger partial charge in [0.15, 0.2) is 16.7 Å². The van der Waals surface area contributed by atoms with Gasteiger partial charge in [0.05, 0.1) is 17.1 Å². The van der Waals surface area contributed by atoms with Crippen molar-refractivity contribution in [1.29, 1.82) is 0 Å². The minimum Gasteiger partial charge on any atom is -0.454 e. The first-order valence-corrected chi connectivity index (χ1v) is 10.5. The number of imidazole rings is 1. The predicted octanol–water partition coefficient (Wildman–Crippen LogP) is 4.10. The summed E-state index contributed by atoms with van der Waals surface area (Å²) in [5.74, 6) is 1.43. The fraction of sp³-hybridized carbons (Fsp3) is 0.273. The van der Waals surface area contributed by atoms with Gasteiger partial charge in [-0.15, -0.1) is 0 Å². The van der Waals surface area contributed by atoms with Crippen LogP contribution in [0.3, 0.4) is 0 Å². The lowest BCUT2D eigenvalue weighted by Crippen LogP contribution is -2.30. The van der Waals surface area contributed by atoms with Gasteiger partial charge in [0.25, 0.3) is 0 Å². The molecule has 1 aliphatic rings. The molecule has 1 N–H and O–H groups in total. The van der Waals surface area contributed by atoms with Crippen LogP contribution in [0.2, 0.25) is 0 Å². The molecule has 2 heterocycles. The first-order chi connectivity index (χ1) is 14.2. The number of hydrogen-bond donors (Lipinski definition) is 1. The fourth-order valence-corrected chi connectivity index (χ4v) is 4.17. The number of amides is 1. The SMILES string of the molecule is CCn1c(-c2ccccc2)cnc1SC(C)C(=O)NCc1ccc2c(c1)OCO2. The normalized spacial score (nSPS) is 13.3. The topological polar surface area (TPSA) is 65.4 Å². The Morgan fingerprint density at radius 2 is 2.00 bits per heavy atom. The molecule has 0 bridgehead atoms. The van der Waals surface area contributed by atoms with Crippen LogP contribution in [0, 0.1) is 0 Å². The lowest BCUT2D eigenvalue weighted by atomic mass is 10.2. The Labute approximate surface area is 174 Å². The molecule has 29 heavy (non-hydrogen) atoms. The highest BCUT2D eigenvalue weighted by molar-refractivity contribution is 8.00. The molecule has 0 radical (unpaired) electrons. The van der Waals surface area contributed by atoms with Crippen molar-refractivity contribution in [3.05, 3.63) is 60.3 Å². The van der Waals surface area contributed by atoms with Gasteiger partial charge in [-0.2, -0.15) is 0 Å². The van der Waals surface area contributed by atoms with E-state index in [1.807, 2.05) is 49.5 Å². The molecule has 4 rings (SSSR count). The summed E-state index contributed by atoms with van der Waals surface area (Å²) in [5.41, 5.74) is 3.15. The van der Waals surface area contributed by atoms with Crippen LogP contribution in [0.4, 0.5) is 0 Å². The Bertz CT molecular complexity index is 1000. The minimum absolute atomic E-state index is 0.0282. The Kier molecular flexibility index (Phi) is 5.76. The molecular weight excluding hydrogens is 386 g/mol. The maximum atomic E-state index is 12.6. The number of ether oxygens (including phenoxy) is 2. The van der Waals surface area contributed by atoms with Crippen LogP contribution in [-0.4, -0.2) is 27.5 Å². The minimum atomic E-state index is -0.264. The van der Waals surface area contributed by atoms with Crippen molar-refractivity contribution in [1.82, 2.24) is 14.9 Å². The molecule has 6 nitrogen and oxygen atoms in total. The average molecular weight is 410 g/mol. The Morgan fingerprint density at radius 3 is 2.79 bits per heavy atom. The molecular formula is C22H23N3O3S. The van der Waals surface area contributed by atoms with Crippen molar-refractivity contribution in [3.8, 4) is 22.8 Å². The van der Waals surface area contributed by atoms with Gasteiger partial charge < -0.3 is 19.4 Å². The molecule has 1 aromatic heterocycles. The standard InChI is InChI=1S/C22H23N3O3S/c1-3-25-18(17-7-5-4-6-8-17)13-24-22(25)29-15(2)21(26)23-12-16-9-10-19-20(11-16)28-14-27-19/h4-11,13,15H,3,12,14H2,1-2H3,(H,23,26). The number of thioether (sulfide) groups is 1. The molecule has 1 aliphatic heterocycles. The number of carbonyl (C=O) groups is 1. The molecule has 0 spiro atoms. The summed E-state index contributed by atoms with van der Waals surface area (Å²) >= 11 is 1.47. The predicted molar refractivity (Wildman–Crippen MR) is 113 cm³/mol. The Balaban J connectivity index is 1.39. The summed E-state index contributed by atoms with van der Waals surface area (Å²) in [4.78, 5) is 17.2. The van der Waals surface area contributed by atoms with Crippen molar-refractivity contribution < 1.29 is 14.3 Å². The first kappa shape index (κ1) is 19.4. The van der Waals surface area contributed by atoms with Crippen LogP contribution in [-0.2, 0) is 17.9 Å². The van der Waals surface area contributed by atoms with Gasteiger partial charge in [-0.3, -0.25) is 4.79 Å². The zero-order valence-electron chi connectivity index (χ0n) is 16.4. The molecule has 0 saturated carbocycles. The van der Waals surface area contributed by atoms with E-state index in [9.17, 15) is 4.79 Å². The number of fused-ring (bicyclic) bond motifs is 1. The number of aromatic nitrogens is 2.